The van der Waals surface area contributed by atoms with E-state index >= 15 is 0 Å². The summed E-state index contributed by atoms with van der Waals surface area (Å²) in [6, 6.07) is 13.7. The lowest BCUT2D eigenvalue weighted by Gasteiger charge is -2.20. The van der Waals surface area contributed by atoms with E-state index in [-0.39, 0.29) is 12.5 Å². The van der Waals surface area contributed by atoms with Gasteiger partial charge in [-0.3, -0.25) is 4.79 Å². The number of amides is 2. The summed E-state index contributed by atoms with van der Waals surface area (Å²) in [5.41, 5.74) is 3.90. The molecule has 12 heteroatoms. The number of rotatable bonds is 10. The highest BCUT2D eigenvalue weighted by molar-refractivity contribution is 7.90. The maximum Gasteiger partial charge on any atom is 0.407 e. The summed E-state index contributed by atoms with van der Waals surface area (Å²) in [6.45, 7) is -1.61. The summed E-state index contributed by atoms with van der Waals surface area (Å²) in [7, 11) is -3.55. The largest absolute Gasteiger partial charge is 0.477 e. The van der Waals surface area contributed by atoms with E-state index in [1.54, 1.807) is 5.32 Å². The van der Waals surface area contributed by atoms with Crippen LogP contribution < -0.4 is 10.6 Å². The number of carbonyl (C=O) groups excluding carboxylic acids is 2. The molecule has 3 rings (SSSR count). The average Bonchev–Trinajstić information content (AvgIpc) is 3.12. The maximum atomic E-state index is 13.3. The number of alkyl halides is 2. The van der Waals surface area contributed by atoms with E-state index in [2.05, 4.69) is 5.32 Å². The predicted molar refractivity (Wildman–Crippen MR) is 122 cm³/mol. The molecule has 2 aromatic carbocycles. The fourth-order valence-electron chi connectivity index (χ4n) is 3.78. The number of carboxylic acids is 1. The zero-order valence-corrected chi connectivity index (χ0v) is 19.5. The van der Waals surface area contributed by atoms with Crippen molar-refractivity contribution < 1.29 is 41.4 Å². The number of carboxylic acid groups (broad SMARTS) is 1. The number of halogens is 2. The standard InChI is InChI=1S/C23H24F2N2O7S/c1-35(32,33)11-10-19(20(28)26-13-23(24,25)21(29)30)27-22(31)34-12-18-16-8-4-2-6-14(16)15-7-3-5-9-17(15)18/h2-9,18-19H,10-13H2,1H3,(H,26,28)(H,27,31)(H,29,30). The van der Waals surface area contributed by atoms with Crippen LogP contribution in [0.2, 0.25) is 0 Å². The highest BCUT2D eigenvalue weighted by atomic mass is 32.2. The first-order valence-electron chi connectivity index (χ1n) is 10.6. The molecule has 0 heterocycles. The van der Waals surface area contributed by atoms with Crippen molar-refractivity contribution in [3.8, 4) is 11.1 Å². The second kappa shape index (κ2) is 10.4. The molecule has 0 aliphatic heterocycles. The minimum absolute atomic E-state index is 0.0860. The van der Waals surface area contributed by atoms with Crippen LogP contribution in [0.4, 0.5) is 13.6 Å². The molecule has 0 saturated carbocycles. The van der Waals surface area contributed by atoms with Crippen LogP contribution in [0.1, 0.15) is 23.5 Å². The van der Waals surface area contributed by atoms with Gasteiger partial charge in [-0.15, -0.1) is 0 Å². The molecular formula is C23H24F2N2O7S. The Bertz CT molecular complexity index is 1190. The highest BCUT2D eigenvalue weighted by Crippen LogP contribution is 2.44. The van der Waals surface area contributed by atoms with E-state index in [4.69, 9.17) is 9.84 Å². The number of alkyl carbamates (subject to hydrolysis) is 1. The lowest BCUT2D eigenvalue weighted by molar-refractivity contribution is -0.164. The summed E-state index contributed by atoms with van der Waals surface area (Å²) in [4.78, 5) is 35.4. The molecular weight excluding hydrogens is 486 g/mol. The van der Waals surface area contributed by atoms with Crippen molar-refractivity contribution in [2.45, 2.75) is 24.3 Å². The number of fused-ring (bicyclic) bond motifs is 3. The van der Waals surface area contributed by atoms with Crippen LogP contribution in [0, 0.1) is 0 Å². The Morgan fingerprint density at radius 3 is 2.11 bits per heavy atom. The zero-order chi connectivity index (χ0) is 25.8. The first kappa shape index (κ1) is 26.1. The lowest BCUT2D eigenvalue weighted by atomic mass is 9.98. The minimum atomic E-state index is -4.24. The Morgan fingerprint density at radius 2 is 1.60 bits per heavy atom. The van der Waals surface area contributed by atoms with Gasteiger partial charge in [0.2, 0.25) is 5.91 Å². The van der Waals surface area contributed by atoms with Crippen molar-refractivity contribution in [1.82, 2.24) is 10.6 Å². The molecule has 1 aliphatic carbocycles. The number of benzene rings is 2. The SMILES string of the molecule is CS(=O)(=O)CCC(NC(=O)OCC1c2ccccc2-c2ccccc21)C(=O)NCC(F)(F)C(=O)O. The van der Waals surface area contributed by atoms with Gasteiger partial charge < -0.3 is 20.5 Å². The van der Waals surface area contributed by atoms with Gasteiger partial charge >= 0.3 is 18.0 Å². The van der Waals surface area contributed by atoms with Crippen molar-refractivity contribution >= 4 is 27.8 Å². The van der Waals surface area contributed by atoms with E-state index in [9.17, 15) is 31.6 Å². The number of ether oxygens (including phenoxy) is 1. The van der Waals surface area contributed by atoms with Crippen LogP contribution >= 0.6 is 0 Å². The molecule has 0 saturated heterocycles. The molecule has 188 valence electrons. The lowest BCUT2D eigenvalue weighted by Crippen LogP contribution is -2.51. The first-order valence-corrected chi connectivity index (χ1v) is 12.6. The fourth-order valence-corrected chi connectivity index (χ4v) is 4.44. The maximum absolute atomic E-state index is 13.3. The molecule has 0 radical (unpaired) electrons. The molecule has 2 aromatic rings. The van der Waals surface area contributed by atoms with E-state index in [0.717, 1.165) is 28.5 Å². The van der Waals surface area contributed by atoms with Gasteiger partial charge in [-0.2, -0.15) is 8.78 Å². The monoisotopic (exact) mass is 510 g/mol. The van der Waals surface area contributed by atoms with Gasteiger partial charge in [0.1, 0.15) is 22.5 Å². The van der Waals surface area contributed by atoms with Crippen LogP contribution in [0.5, 0.6) is 0 Å². The molecule has 1 aliphatic rings. The Morgan fingerprint density at radius 1 is 1.06 bits per heavy atom. The summed E-state index contributed by atoms with van der Waals surface area (Å²) in [5.74, 6) is -8.63. The third-order valence-electron chi connectivity index (χ3n) is 5.53. The number of nitrogens with one attached hydrogen (secondary N) is 2. The van der Waals surface area contributed by atoms with Crippen molar-refractivity contribution in [2.24, 2.45) is 0 Å². The van der Waals surface area contributed by atoms with Gasteiger partial charge in [0.25, 0.3) is 0 Å². The smallest absolute Gasteiger partial charge is 0.407 e. The van der Waals surface area contributed by atoms with Gasteiger partial charge in [-0.05, 0) is 28.7 Å². The van der Waals surface area contributed by atoms with Gasteiger partial charge in [0.05, 0.1) is 12.3 Å². The van der Waals surface area contributed by atoms with Crippen LogP contribution in [0.25, 0.3) is 11.1 Å². The zero-order valence-electron chi connectivity index (χ0n) is 18.7. The van der Waals surface area contributed by atoms with E-state index in [1.807, 2.05) is 48.5 Å². The third kappa shape index (κ3) is 6.53. The van der Waals surface area contributed by atoms with Gasteiger partial charge in [-0.25, -0.2) is 18.0 Å². The molecule has 35 heavy (non-hydrogen) atoms. The Kier molecular flexibility index (Phi) is 7.73. The van der Waals surface area contributed by atoms with Crippen LogP contribution in [0.3, 0.4) is 0 Å². The number of hydrogen-bond acceptors (Lipinski definition) is 6. The van der Waals surface area contributed by atoms with Crippen molar-refractivity contribution in [3.05, 3.63) is 59.7 Å². The van der Waals surface area contributed by atoms with Crippen molar-refractivity contribution in [2.75, 3.05) is 25.2 Å². The molecule has 1 atom stereocenters. The molecule has 9 nitrogen and oxygen atoms in total. The van der Waals surface area contributed by atoms with Gasteiger partial charge in [0.15, 0.2) is 0 Å². The fraction of sp³-hybridized carbons (Fsp3) is 0.348. The Labute approximate surface area is 200 Å². The Balaban J connectivity index is 1.67. The first-order chi connectivity index (χ1) is 16.4. The van der Waals surface area contributed by atoms with E-state index in [1.165, 1.54) is 0 Å². The minimum Gasteiger partial charge on any atom is -0.477 e. The second-order valence-corrected chi connectivity index (χ2v) is 10.4. The molecule has 1 unspecified atom stereocenters. The summed E-state index contributed by atoms with van der Waals surface area (Å²) < 4.78 is 55.0. The summed E-state index contributed by atoms with van der Waals surface area (Å²) in [5, 5.41) is 12.4. The van der Waals surface area contributed by atoms with Gasteiger partial charge in [-0.1, -0.05) is 48.5 Å². The molecule has 0 fully saturated rings. The molecule has 0 aromatic heterocycles. The van der Waals surface area contributed by atoms with Gasteiger partial charge in [0, 0.05) is 12.2 Å². The highest BCUT2D eigenvalue weighted by Gasteiger charge is 2.40. The topological polar surface area (TPSA) is 139 Å². The number of sulfone groups is 1. The second-order valence-electron chi connectivity index (χ2n) is 8.17. The quantitative estimate of drug-likeness (QED) is 0.445. The van der Waals surface area contributed by atoms with Crippen molar-refractivity contribution in [3.63, 3.8) is 0 Å². The molecule has 3 N–H and O–H groups in total. The Hall–Kier alpha value is -3.54. The van der Waals surface area contributed by atoms with Crippen LogP contribution in [-0.4, -0.2) is 68.6 Å². The number of aliphatic carboxylic acids is 1. The summed E-state index contributed by atoms with van der Waals surface area (Å²) in [6.07, 6.45) is -0.563. The molecule has 0 bridgehead atoms. The number of hydrogen-bond donors (Lipinski definition) is 3. The molecule has 0 spiro atoms. The normalized spacial score (nSPS) is 13.9. The van der Waals surface area contributed by atoms with Crippen LogP contribution in [0.15, 0.2) is 48.5 Å². The number of carbonyl (C=O) groups is 3. The predicted octanol–water partition coefficient (Wildman–Crippen LogP) is 2.16. The molecule has 2 amide bonds. The van der Waals surface area contributed by atoms with E-state index < -0.39 is 58.5 Å². The third-order valence-corrected chi connectivity index (χ3v) is 6.50. The van der Waals surface area contributed by atoms with Crippen molar-refractivity contribution in [1.29, 1.82) is 0 Å². The van der Waals surface area contributed by atoms with E-state index in [0.29, 0.717) is 0 Å². The average molecular weight is 511 g/mol. The summed E-state index contributed by atoms with van der Waals surface area (Å²) >= 11 is 0. The van der Waals surface area contributed by atoms with Crippen LogP contribution in [-0.2, 0) is 24.2 Å².